The summed E-state index contributed by atoms with van der Waals surface area (Å²) in [4.78, 5) is 0. The lowest BCUT2D eigenvalue weighted by Gasteiger charge is -2.20. The van der Waals surface area contributed by atoms with Crippen LogP contribution in [0.2, 0.25) is 148 Å². The molecule has 8 fully saturated rings. The molecule has 0 aromatic heterocycles. The summed E-state index contributed by atoms with van der Waals surface area (Å²) in [6, 6.07) is 10.8. The van der Waals surface area contributed by atoms with Crippen LogP contribution in [0, 0.1) is 0 Å². The van der Waals surface area contributed by atoms with E-state index >= 15 is 0 Å². The van der Waals surface area contributed by atoms with Gasteiger partial charge < -0.3 is 0 Å². The molecule has 0 N–H and O–H groups in total. The van der Waals surface area contributed by atoms with Crippen LogP contribution in [0.15, 0.2) is 24.3 Å². The van der Waals surface area contributed by atoms with Crippen molar-refractivity contribution in [2.24, 2.45) is 0 Å². The standard InChI is InChI=1S/C32H58Si6/c1-33(2,3)27-25(28(27,34(4,5)6)29(25,27)35(7,8)9)23-20-19-21-24(22-23)26-30(36(10,11)12)31(26,37(13,14)15)32(26,30)38(16,17)18/h19-22H,1-18H3. The number of rotatable bonds is 8. The fraction of sp³-hybridized carbons (Fsp3) is 0.812. The van der Waals surface area contributed by atoms with Crippen molar-refractivity contribution >= 4 is 48.4 Å². The monoisotopic (exact) mass is 610 g/mol. The lowest BCUT2D eigenvalue weighted by Crippen LogP contribution is -2.26. The average Bonchev–Trinajstić information content (AvgIpc) is 3.46. The second-order valence-corrected chi connectivity index (χ2v) is 52.6. The van der Waals surface area contributed by atoms with Crippen molar-refractivity contribution in [1.82, 2.24) is 0 Å². The van der Waals surface area contributed by atoms with Gasteiger partial charge in [-0.15, -0.1) is 0 Å². The molecule has 0 saturated heterocycles. The Morgan fingerprint density at radius 3 is 0.684 bits per heavy atom. The van der Waals surface area contributed by atoms with Gasteiger partial charge in [0.25, 0.3) is 0 Å². The van der Waals surface area contributed by atoms with E-state index < -0.39 is 48.4 Å². The molecule has 0 nitrogen and oxygen atoms in total. The predicted octanol–water partition coefficient (Wildman–Crippen LogP) is 10.7. The van der Waals surface area contributed by atoms with Crippen molar-refractivity contribution in [3.05, 3.63) is 35.4 Å². The molecule has 0 heterocycles. The highest BCUT2D eigenvalue weighted by atomic mass is 28.3. The van der Waals surface area contributed by atoms with E-state index in [4.69, 9.17) is 0 Å². The van der Waals surface area contributed by atoms with Crippen LogP contribution in [0.3, 0.4) is 0 Å². The fourth-order valence-corrected chi connectivity index (χ4v) is 58.3. The molecule has 0 aliphatic heterocycles. The Balaban J connectivity index is 1.44. The first-order valence-electron chi connectivity index (χ1n) is 15.8. The van der Waals surface area contributed by atoms with E-state index in [2.05, 4.69) is 142 Å². The molecular formula is C32H58Si6. The normalized spacial score (nSPS) is 51.2. The molecule has 0 unspecified atom stereocenters. The largest absolute Gasteiger partial charge is 0.0691 e. The maximum Gasteiger partial charge on any atom is 0.0525 e. The first-order valence-corrected chi connectivity index (χ1v) is 36.8. The van der Waals surface area contributed by atoms with Crippen LogP contribution in [0.4, 0.5) is 0 Å². The van der Waals surface area contributed by atoms with Gasteiger partial charge in [0.2, 0.25) is 0 Å². The zero-order valence-corrected chi connectivity index (χ0v) is 34.3. The summed E-state index contributed by atoms with van der Waals surface area (Å²) < 4.78 is 0. The molecule has 8 aliphatic rings. The summed E-state index contributed by atoms with van der Waals surface area (Å²) in [5, 5.41) is 4.30. The van der Waals surface area contributed by atoms with Crippen LogP contribution in [0.25, 0.3) is 0 Å². The summed E-state index contributed by atoms with van der Waals surface area (Å²) in [6.07, 6.45) is 0. The quantitative estimate of drug-likeness (QED) is 0.257. The minimum atomic E-state index is -1.33. The first-order chi connectivity index (χ1) is 16.7. The molecule has 0 amide bonds. The van der Waals surface area contributed by atoms with Gasteiger partial charge in [0.1, 0.15) is 0 Å². The van der Waals surface area contributed by atoms with Gasteiger partial charge in [0.05, 0.1) is 48.4 Å². The molecule has 9 rings (SSSR count). The summed E-state index contributed by atoms with van der Waals surface area (Å²) in [7, 11) is -7.99. The second kappa shape index (κ2) is 5.60. The highest BCUT2D eigenvalue weighted by molar-refractivity contribution is 7.07. The lowest BCUT2D eigenvalue weighted by molar-refractivity contribution is 1.02. The van der Waals surface area contributed by atoms with Crippen LogP contribution in [-0.4, -0.2) is 48.4 Å². The van der Waals surface area contributed by atoms with Crippen molar-refractivity contribution in [3.63, 3.8) is 0 Å². The number of benzene rings is 1. The Labute approximate surface area is 241 Å². The highest BCUT2D eigenvalue weighted by Crippen LogP contribution is 3.50. The smallest absolute Gasteiger partial charge is 0.0525 e. The third-order valence-corrected chi connectivity index (χ3v) is 36.5. The molecule has 1 aromatic carbocycles. The van der Waals surface area contributed by atoms with Crippen LogP contribution < -0.4 is 0 Å². The summed E-state index contributed by atoms with van der Waals surface area (Å²) >= 11 is 0. The van der Waals surface area contributed by atoms with Gasteiger partial charge in [-0.3, -0.25) is 0 Å². The van der Waals surface area contributed by atoms with Crippen LogP contribution >= 0.6 is 0 Å². The molecular weight excluding hydrogens is 553 g/mol. The van der Waals surface area contributed by atoms with Crippen LogP contribution in [0.1, 0.15) is 11.1 Å². The van der Waals surface area contributed by atoms with E-state index in [0.29, 0.717) is 41.1 Å². The number of hydrogen-bond donors (Lipinski definition) is 0. The molecule has 6 heteroatoms. The molecule has 0 bridgehead atoms. The summed E-state index contributed by atoms with van der Waals surface area (Å²) in [6.45, 7) is 49.6. The van der Waals surface area contributed by atoms with E-state index in [1.807, 2.05) is 11.1 Å². The van der Waals surface area contributed by atoms with Gasteiger partial charge in [-0.2, -0.15) is 0 Å². The Morgan fingerprint density at radius 1 is 0.342 bits per heavy atom. The van der Waals surface area contributed by atoms with Gasteiger partial charge in [-0.1, -0.05) is 142 Å². The Morgan fingerprint density at radius 2 is 0.526 bits per heavy atom. The van der Waals surface area contributed by atoms with E-state index in [0.717, 1.165) is 0 Å². The van der Waals surface area contributed by atoms with Gasteiger partial charge in [0.15, 0.2) is 0 Å². The minimum Gasteiger partial charge on any atom is -0.0691 e. The molecule has 8 saturated carbocycles. The van der Waals surface area contributed by atoms with Crippen LogP contribution in [-0.2, 0) is 10.8 Å². The second-order valence-electron chi connectivity index (χ2n) is 21.1. The van der Waals surface area contributed by atoms with Crippen molar-refractivity contribution in [1.29, 1.82) is 0 Å². The third-order valence-electron chi connectivity index (χ3n) is 14.7. The highest BCUT2D eigenvalue weighted by Gasteiger charge is 3.40. The Bertz CT molecular complexity index is 1110. The van der Waals surface area contributed by atoms with Gasteiger partial charge >= 0.3 is 0 Å². The Hall–Kier alpha value is 0.521. The lowest BCUT2D eigenvalue weighted by atomic mass is 10.0. The van der Waals surface area contributed by atoms with Crippen LogP contribution in [0.5, 0.6) is 0 Å². The van der Waals surface area contributed by atoms with Crippen molar-refractivity contribution in [3.8, 4) is 0 Å². The maximum absolute atomic E-state index is 2.93. The molecule has 38 heavy (non-hydrogen) atoms. The van der Waals surface area contributed by atoms with Crippen molar-refractivity contribution in [2.75, 3.05) is 0 Å². The van der Waals surface area contributed by atoms with E-state index in [1.54, 1.807) is 0 Å². The summed E-state index contributed by atoms with van der Waals surface area (Å²) in [5.74, 6) is 0. The van der Waals surface area contributed by atoms with Crippen molar-refractivity contribution < 1.29 is 0 Å². The van der Waals surface area contributed by atoms with Gasteiger partial charge in [-0.25, -0.2) is 0 Å². The van der Waals surface area contributed by atoms with E-state index in [-0.39, 0.29) is 0 Å². The molecule has 0 radical (unpaired) electrons. The van der Waals surface area contributed by atoms with E-state index in [9.17, 15) is 0 Å². The fourth-order valence-electron chi connectivity index (χ4n) is 16.5. The van der Waals surface area contributed by atoms with Gasteiger partial charge in [0, 0.05) is 10.8 Å². The zero-order chi connectivity index (χ0) is 29.0. The molecule has 8 aliphatic carbocycles. The number of hydrogen-bond acceptors (Lipinski definition) is 0. The van der Waals surface area contributed by atoms with Crippen molar-refractivity contribution in [2.45, 2.75) is 159 Å². The predicted molar refractivity (Wildman–Crippen MR) is 186 cm³/mol. The maximum atomic E-state index is 2.93. The molecule has 0 atom stereocenters. The Kier molecular flexibility index (Phi) is 4.03. The topological polar surface area (TPSA) is 0 Å². The SMILES string of the molecule is C[Si](C)(C)C12C3(c4cccc(C56C7([Si](C)(C)C)C5([Si](C)(C)C)C67[Si](C)(C)C)c4)C1([Si](C)(C)C)C32[Si](C)(C)C. The first kappa shape index (κ1) is 27.4. The molecule has 0 spiro atoms. The average molecular weight is 611 g/mol. The summed E-state index contributed by atoms with van der Waals surface area (Å²) in [5.41, 5.74) is 4.82. The zero-order valence-electron chi connectivity index (χ0n) is 28.3. The molecule has 1 aromatic rings. The van der Waals surface area contributed by atoms with E-state index in [1.165, 1.54) is 0 Å². The molecule has 210 valence electrons. The minimum absolute atomic E-state index is 0.568. The van der Waals surface area contributed by atoms with Gasteiger partial charge in [-0.05, 0) is 41.4 Å². The third kappa shape index (κ3) is 1.62.